The number of nitrogens with zero attached hydrogens (tertiary/aromatic N) is 3. The Labute approximate surface area is 86.9 Å². The lowest BCUT2D eigenvalue weighted by molar-refractivity contribution is 1.07. The first-order valence-electron chi connectivity index (χ1n) is 3.85. The fourth-order valence-corrected chi connectivity index (χ4v) is 1.11. The van der Waals surface area contributed by atoms with Crippen LogP contribution in [0.2, 0.25) is 5.02 Å². The quantitative estimate of drug-likeness (QED) is 0.693. The Hall–Kier alpha value is -1.84. The van der Waals surface area contributed by atoms with Crippen LogP contribution in [0.5, 0.6) is 0 Å². The van der Waals surface area contributed by atoms with Crippen LogP contribution < -0.4 is 0 Å². The summed E-state index contributed by atoms with van der Waals surface area (Å²) in [5, 5.41) is 17.5. The Morgan fingerprint density at radius 2 is 2.07 bits per heavy atom. The maximum Gasteiger partial charge on any atom is 0.213 e. The maximum atomic E-state index is 8.43. The van der Waals surface area contributed by atoms with Gasteiger partial charge in [-0.2, -0.15) is 10.5 Å². The monoisotopic (exact) mass is 203 g/mol. The molecule has 0 bridgehead atoms. The molecule has 0 saturated carbocycles. The molecule has 1 rings (SSSR count). The highest BCUT2D eigenvalue weighted by atomic mass is 35.5. The van der Waals surface area contributed by atoms with E-state index in [1.165, 1.54) is 0 Å². The van der Waals surface area contributed by atoms with Crippen LogP contribution in [0.15, 0.2) is 29.3 Å². The first-order valence-corrected chi connectivity index (χ1v) is 4.23. The van der Waals surface area contributed by atoms with E-state index in [-0.39, 0.29) is 5.71 Å². The van der Waals surface area contributed by atoms with Gasteiger partial charge in [-0.15, -0.1) is 0 Å². The minimum atomic E-state index is -0.120. The fraction of sp³-hybridized carbons (Fsp3) is 0.100. The van der Waals surface area contributed by atoms with E-state index in [4.69, 9.17) is 22.1 Å². The van der Waals surface area contributed by atoms with E-state index in [1.807, 2.05) is 6.07 Å². The van der Waals surface area contributed by atoms with Crippen LogP contribution in [0.4, 0.5) is 0 Å². The SMILES string of the molecule is N#CC(C#N)=NCc1cccc(Cl)c1. The lowest BCUT2D eigenvalue weighted by atomic mass is 10.2. The van der Waals surface area contributed by atoms with Gasteiger partial charge in [-0.1, -0.05) is 23.7 Å². The highest BCUT2D eigenvalue weighted by molar-refractivity contribution is 6.30. The van der Waals surface area contributed by atoms with E-state index in [9.17, 15) is 0 Å². The van der Waals surface area contributed by atoms with Gasteiger partial charge in [-0.3, -0.25) is 4.99 Å². The summed E-state index contributed by atoms with van der Waals surface area (Å²) in [6, 6.07) is 10.5. The summed E-state index contributed by atoms with van der Waals surface area (Å²) in [5.41, 5.74) is 0.755. The third-order valence-corrected chi connectivity index (χ3v) is 1.76. The van der Waals surface area contributed by atoms with Crippen LogP contribution >= 0.6 is 11.6 Å². The van der Waals surface area contributed by atoms with Crippen molar-refractivity contribution in [2.45, 2.75) is 6.54 Å². The van der Waals surface area contributed by atoms with Gasteiger partial charge in [0.15, 0.2) is 0 Å². The number of hydrogen-bond donors (Lipinski definition) is 0. The van der Waals surface area contributed by atoms with E-state index >= 15 is 0 Å². The second kappa shape index (κ2) is 5.01. The van der Waals surface area contributed by atoms with Crippen molar-refractivity contribution in [1.82, 2.24) is 0 Å². The van der Waals surface area contributed by atoms with Crippen LogP contribution in [0.3, 0.4) is 0 Å². The van der Waals surface area contributed by atoms with Crippen molar-refractivity contribution >= 4 is 17.3 Å². The molecule has 14 heavy (non-hydrogen) atoms. The summed E-state index contributed by atoms with van der Waals surface area (Å²) in [6.07, 6.45) is 0. The number of aliphatic imine (C=N–C) groups is 1. The van der Waals surface area contributed by atoms with Crippen molar-refractivity contribution < 1.29 is 0 Å². The molecule has 1 aromatic rings. The van der Waals surface area contributed by atoms with Gasteiger partial charge in [0, 0.05) is 5.02 Å². The Morgan fingerprint density at radius 3 is 2.64 bits per heavy atom. The summed E-state index contributed by atoms with van der Waals surface area (Å²) in [4.78, 5) is 3.81. The predicted octanol–water partition coefficient (Wildman–Crippen LogP) is 2.33. The molecule has 0 atom stereocenters. The standard InChI is InChI=1S/C10H6ClN3/c11-9-3-1-2-8(4-9)7-14-10(5-12)6-13/h1-4H,7H2. The Kier molecular flexibility index (Phi) is 3.67. The van der Waals surface area contributed by atoms with Gasteiger partial charge in [0.2, 0.25) is 5.71 Å². The van der Waals surface area contributed by atoms with Gasteiger partial charge in [-0.25, -0.2) is 0 Å². The normalized spacial score (nSPS) is 8.50. The molecule has 0 unspecified atom stereocenters. The summed E-state index contributed by atoms with van der Waals surface area (Å²) < 4.78 is 0. The molecule has 0 aliphatic carbocycles. The third kappa shape index (κ3) is 2.90. The van der Waals surface area contributed by atoms with Crippen molar-refractivity contribution in [3.8, 4) is 12.1 Å². The number of hydrogen-bond acceptors (Lipinski definition) is 3. The van der Waals surface area contributed by atoms with Crippen molar-refractivity contribution in [2.24, 2.45) is 4.99 Å². The third-order valence-electron chi connectivity index (χ3n) is 1.52. The van der Waals surface area contributed by atoms with Gasteiger partial charge in [-0.05, 0) is 17.7 Å². The van der Waals surface area contributed by atoms with Gasteiger partial charge < -0.3 is 0 Å². The summed E-state index contributed by atoms with van der Waals surface area (Å²) in [7, 11) is 0. The van der Waals surface area contributed by atoms with Gasteiger partial charge in [0.1, 0.15) is 12.1 Å². The van der Waals surface area contributed by atoms with E-state index < -0.39 is 0 Å². The predicted molar refractivity (Wildman–Crippen MR) is 53.8 cm³/mol. The first kappa shape index (κ1) is 10.2. The van der Waals surface area contributed by atoms with Crippen LogP contribution in [-0.2, 0) is 6.54 Å². The molecule has 4 heteroatoms. The van der Waals surface area contributed by atoms with Crippen LogP contribution in [0.25, 0.3) is 0 Å². The van der Waals surface area contributed by atoms with E-state index in [0.717, 1.165) is 5.56 Å². The molecule has 0 aliphatic heterocycles. The van der Waals surface area contributed by atoms with E-state index in [2.05, 4.69) is 4.99 Å². The highest BCUT2D eigenvalue weighted by Crippen LogP contribution is 2.11. The topological polar surface area (TPSA) is 59.9 Å². The summed E-state index contributed by atoms with van der Waals surface area (Å²) in [5.74, 6) is 0. The molecule has 3 nitrogen and oxygen atoms in total. The molecule has 0 amide bonds. The number of nitriles is 2. The van der Waals surface area contributed by atoms with Crippen LogP contribution in [0.1, 0.15) is 5.56 Å². The number of rotatable bonds is 2. The Morgan fingerprint density at radius 1 is 1.36 bits per heavy atom. The molecule has 1 aromatic carbocycles. The average molecular weight is 204 g/mol. The molecule has 0 radical (unpaired) electrons. The molecule has 68 valence electrons. The Balaban J connectivity index is 2.77. The zero-order valence-corrected chi connectivity index (χ0v) is 7.99. The molecule has 0 heterocycles. The lowest BCUT2D eigenvalue weighted by Crippen LogP contribution is -1.90. The minimum absolute atomic E-state index is 0.120. The molecule has 0 spiro atoms. The second-order valence-electron chi connectivity index (χ2n) is 2.52. The number of halogens is 1. The average Bonchev–Trinajstić information content (AvgIpc) is 2.19. The maximum absolute atomic E-state index is 8.43. The molecular weight excluding hydrogens is 198 g/mol. The van der Waals surface area contributed by atoms with Crippen molar-refractivity contribution in [1.29, 1.82) is 10.5 Å². The fourth-order valence-electron chi connectivity index (χ4n) is 0.901. The summed E-state index contributed by atoms with van der Waals surface area (Å²) in [6.45, 7) is 0.303. The number of benzene rings is 1. The zero-order valence-electron chi connectivity index (χ0n) is 7.24. The molecular formula is C10H6ClN3. The van der Waals surface area contributed by atoms with Gasteiger partial charge >= 0.3 is 0 Å². The van der Waals surface area contributed by atoms with Gasteiger partial charge in [0.25, 0.3) is 0 Å². The lowest BCUT2D eigenvalue weighted by Gasteiger charge is -1.95. The Bertz CT molecular complexity index is 421. The van der Waals surface area contributed by atoms with E-state index in [0.29, 0.717) is 11.6 Å². The first-order chi connectivity index (χ1) is 6.76. The molecule has 0 aromatic heterocycles. The highest BCUT2D eigenvalue weighted by Gasteiger charge is 1.95. The van der Waals surface area contributed by atoms with Crippen LogP contribution in [0, 0.1) is 22.7 Å². The molecule has 0 saturated heterocycles. The smallest absolute Gasteiger partial charge is 0.213 e. The van der Waals surface area contributed by atoms with Crippen molar-refractivity contribution in [2.75, 3.05) is 0 Å². The largest absolute Gasteiger partial charge is 0.260 e. The van der Waals surface area contributed by atoms with Crippen LogP contribution in [-0.4, -0.2) is 5.71 Å². The zero-order chi connectivity index (χ0) is 10.4. The van der Waals surface area contributed by atoms with E-state index in [1.54, 1.807) is 30.3 Å². The second-order valence-corrected chi connectivity index (χ2v) is 2.95. The van der Waals surface area contributed by atoms with Crippen molar-refractivity contribution in [3.05, 3.63) is 34.9 Å². The molecule has 0 fully saturated rings. The molecule has 0 aliphatic rings. The minimum Gasteiger partial charge on any atom is -0.260 e. The van der Waals surface area contributed by atoms with Gasteiger partial charge in [0.05, 0.1) is 6.54 Å². The molecule has 0 N–H and O–H groups in total. The van der Waals surface area contributed by atoms with Crippen molar-refractivity contribution in [3.63, 3.8) is 0 Å². The summed E-state index contributed by atoms with van der Waals surface area (Å²) >= 11 is 5.75.